The van der Waals surface area contributed by atoms with Crippen LogP contribution in [0.2, 0.25) is 0 Å². The van der Waals surface area contributed by atoms with Gasteiger partial charge in [0.25, 0.3) is 0 Å². The summed E-state index contributed by atoms with van der Waals surface area (Å²) in [6.07, 6.45) is 4.60. The molecule has 0 unspecified atom stereocenters. The molecule has 0 fully saturated rings. The number of fused-ring (bicyclic) bond motifs is 1. The molecule has 1 aromatic heterocycles. The molecule has 1 N–H and O–H groups in total. The number of rotatable bonds is 7. The third-order valence-electron chi connectivity index (χ3n) is 4.73. The number of nitrogens with zero attached hydrogens (tertiary/aromatic N) is 1. The average molecular weight is 320 g/mol. The van der Waals surface area contributed by atoms with Crippen LogP contribution in [0, 0.1) is 0 Å². The maximum atomic E-state index is 3.70. The Morgan fingerprint density at radius 2 is 1.62 bits per heavy atom. The molecule has 3 aromatic rings. The molecule has 0 saturated heterocycles. The van der Waals surface area contributed by atoms with Crippen molar-refractivity contribution in [2.75, 3.05) is 0 Å². The minimum absolute atomic E-state index is 0.485. The second-order valence-corrected chi connectivity index (χ2v) is 6.98. The van der Waals surface area contributed by atoms with E-state index >= 15 is 0 Å². The van der Waals surface area contributed by atoms with Gasteiger partial charge in [0.1, 0.15) is 0 Å². The van der Waals surface area contributed by atoms with Gasteiger partial charge in [-0.25, -0.2) is 0 Å². The Kier molecular flexibility index (Phi) is 5.37. The number of hydrogen-bond donors (Lipinski definition) is 1. The van der Waals surface area contributed by atoms with Crippen molar-refractivity contribution >= 4 is 10.9 Å². The molecule has 2 aromatic carbocycles. The Morgan fingerprint density at radius 1 is 0.917 bits per heavy atom. The van der Waals surface area contributed by atoms with Crippen molar-refractivity contribution in [2.45, 2.75) is 52.2 Å². The van der Waals surface area contributed by atoms with Crippen molar-refractivity contribution in [2.24, 2.45) is 0 Å². The monoisotopic (exact) mass is 320 g/mol. The van der Waals surface area contributed by atoms with Crippen LogP contribution in [0.15, 0.2) is 60.8 Å². The lowest BCUT2D eigenvalue weighted by molar-refractivity contribution is 0.513. The van der Waals surface area contributed by atoms with E-state index in [0.717, 1.165) is 19.4 Å². The lowest BCUT2D eigenvalue weighted by atomic mass is 10.1. The first-order chi connectivity index (χ1) is 11.6. The van der Waals surface area contributed by atoms with Gasteiger partial charge in [-0.2, -0.15) is 0 Å². The van der Waals surface area contributed by atoms with Crippen LogP contribution in [0.1, 0.15) is 44.4 Å². The minimum atomic E-state index is 0.485. The van der Waals surface area contributed by atoms with E-state index in [1.165, 1.54) is 22.0 Å². The van der Waals surface area contributed by atoms with Crippen LogP contribution in [0.5, 0.6) is 0 Å². The van der Waals surface area contributed by atoms with Crippen molar-refractivity contribution in [3.63, 3.8) is 0 Å². The van der Waals surface area contributed by atoms with Crippen molar-refractivity contribution in [1.29, 1.82) is 0 Å². The summed E-state index contributed by atoms with van der Waals surface area (Å²) in [5.74, 6) is 0. The minimum Gasteiger partial charge on any atom is -0.345 e. The third-order valence-corrected chi connectivity index (χ3v) is 4.73. The Balaban J connectivity index is 1.63. The van der Waals surface area contributed by atoms with Gasteiger partial charge in [0.15, 0.2) is 0 Å². The van der Waals surface area contributed by atoms with E-state index in [9.17, 15) is 0 Å². The van der Waals surface area contributed by atoms with Crippen LogP contribution < -0.4 is 5.32 Å². The molecule has 2 nitrogen and oxygen atoms in total. The van der Waals surface area contributed by atoms with Gasteiger partial charge in [-0.1, -0.05) is 48.5 Å². The van der Waals surface area contributed by atoms with Gasteiger partial charge in [0.2, 0.25) is 0 Å². The van der Waals surface area contributed by atoms with Crippen LogP contribution in [0.4, 0.5) is 0 Å². The quantitative estimate of drug-likeness (QED) is 0.622. The molecule has 0 aliphatic carbocycles. The van der Waals surface area contributed by atoms with Gasteiger partial charge in [-0.05, 0) is 50.8 Å². The predicted molar refractivity (Wildman–Crippen MR) is 103 cm³/mol. The van der Waals surface area contributed by atoms with E-state index in [1.54, 1.807) is 0 Å². The topological polar surface area (TPSA) is 17.0 Å². The molecule has 0 aliphatic rings. The second-order valence-electron chi connectivity index (χ2n) is 6.98. The summed E-state index contributed by atoms with van der Waals surface area (Å²) >= 11 is 0. The highest BCUT2D eigenvalue weighted by atomic mass is 15.0. The molecule has 0 bridgehead atoms. The molecule has 0 amide bonds. The zero-order valence-electron chi connectivity index (χ0n) is 15.0. The number of benzene rings is 2. The maximum absolute atomic E-state index is 3.70. The summed E-state index contributed by atoms with van der Waals surface area (Å²) < 4.78 is 2.38. The summed E-state index contributed by atoms with van der Waals surface area (Å²) in [6, 6.07) is 20.4. The van der Waals surface area contributed by atoms with Crippen LogP contribution >= 0.6 is 0 Å². The van der Waals surface area contributed by atoms with Crippen LogP contribution in [-0.4, -0.2) is 10.6 Å². The zero-order valence-corrected chi connectivity index (χ0v) is 15.0. The SMILES string of the molecule is CC(C)n1cc(CN[C@H](C)CCc2ccccc2)c2ccccc21. The zero-order chi connectivity index (χ0) is 16.9. The van der Waals surface area contributed by atoms with E-state index in [1.807, 2.05) is 0 Å². The Morgan fingerprint density at radius 3 is 2.38 bits per heavy atom. The number of para-hydroxylation sites is 1. The predicted octanol–water partition coefficient (Wildman–Crippen LogP) is 5.33. The highest BCUT2D eigenvalue weighted by molar-refractivity contribution is 5.84. The molecule has 0 spiro atoms. The van der Waals surface area contributed by atoms with E-state index in [4.69, 9.17) is 0 Å². The normalized spacial score (nSPS) is 12.8. The van der Waals surface area contributed by atoms with Crippen LogP contribution in [0.25, 0.3) is 10.9 Å². The lowest BCUT2D eigenvalue weighted by Crippen LogP contribution is -2.25. The molecular formula is C22H28N2. The Labute approximate surface area is 145 Å². The molecule has 24 heavy (non-hydrogen) atoms. The van der Waals surface area contributed by atoms with Gasteiger partial charge in [0.05, 0.1) is 0 Å². The summed E-state index contributed by atoms with van der Waals surface area (Å²) in [5, 5.41) is 5.07. The first-order valence-corrected chi connectivity index (χ1v) is 9.01. The van der Waals surface area contributed by atoms with Crippen molar-refractivity contribution < 1.29 is 0 Å². The molecule has 0 aliphatic heterocycles. The van der Waals surface area contributed by atoms with E-state index < -0.39 is 0 Å². The first-order valence-electron chi connectivity index (χ1n) is 9.01. The lowest BCUT2D eigenvalue weighted by Gasteiger charge is -2.13. The summed E-state index contributed by atoms with van der Waals surface area (Å²) in [6.45, 7) is 7.69. The smallest absolute Gasteiger partial charge is 0.0486 e. The number of aromatic nitrogens is 1. The highest BCUT2D eigenvalue weighted by Crippen LogP contribution is 2.24. The molecule has 2 heteroatoms. The van der Waals surface area contributed by atoms with Gasteiger partial charge in [-0.3, -0.25) is 0 Å². The van der Waals surface area contributed by atoms with E-state index in [-0.39, 0.29) is 0 Å². The van der Waals surface area contributed by atoms with Crippen LogP contribution in [0.3, 0.4) is 0 Å². The summed E-state index contributed by atoms with van der Waals surface area (Å²) in [7, 11) is 0. The van der Waals surface area contributed by atoms with Gasteiger partial charge in [0, 0.05) is 35.7 Å². The molecule has 0 saturated carbocycles. The largest absolute Gasteiger partial charge is 0.345 e. The standard InChI is InChI=1S/C22H28N2/c1-17(2)24-16-20(21-11-7-8-12-22(21)24)15-23-18(3)13-14-19-9-5-4-6-10-19/h4-12,16-18,23H,13-15H2,1-3H3/t18-/m1/s1. The Bertz CT molecular complexity index is 771. The van der Waals surface area contributed by atoms with Crippen molar-refractivity contribution in [3.05, 3.63) is 71.9 Å². The third kappa shape index (κ3) is 3.88. The fourth-order valence-corrected chi connectivity index (χ4v) is 3.26. The highest BCUT2D eigenvalue weighted by Gasteiger charge is 2.11. The fraction of sp³-hybridized carbons (Fsp3) is 0.364. The number of nitrogens with one attached hydrogen (secondary N) is 1. The van der Waals surface area contributed by atoms with Crippen LogP contribution in [-0.2, 0) is 13.0 Å². The number of aryl methyl sites for hydroxylation is 1. The summed E-state index contributed by atoms with van der Waals surface area (Å²) in [4.78, 5) is 0. The first kappa shape index (κ1) is 16.8. The Hall–Kier alpha value is -2.06. The average Bonchev–Trinajstić information content (AvgIpc) is 2.98. The molecule has 3 rings (SSSR count). The molecule has 0 radical (unpaired) electrons. The molecule has 1 heterocycles. The number of hydrogen-bond acceptors (Lipinski definition) is 1. The molecule has 126 valence electrons. The molecule has 1 atom stereocenters. The van der Waals surface area contributed by atoms with Gasteiger partial charge < -0.3 is 9.88 Å². The second kappa shape index (κ2) is 7.67. The van der Waals surface area contributed by atoms with Gasteiger partial charge >= 0.3 is 0 Å². The summed E-state index contributed by atoms with van der Waals surface area (Å²) in [5.41, 5.74) is 4.15. The van der Waals surface area contributed by atoms with E-state index in [0.29, 0.717) is 12.1 Å². The maximum Gasteiger partial charge on any atom is 0.0486 e. The van der Waals surface area contributed by atoms with Crippen molar-refractivity contribution in [3.8, 4) is 0 Å². The van der Waals surface area contributed by atoms with Gasteiger partial charge in [-0.15, -0.1) is 0 Å². The fourth-order valence-electron chi connectivity index (χ4n) is 3.26. The molecular weight excluding hydrogens is 292 g/mol. The van der Waals surface area contributed by atoms with E-state index in [2.05, 4.69) is 91.4 Å². The van der Waals surface area contributed by atoms with Crippen molar-refractivity contribution in [1.82, 2.24) is 9.88 Å².